The molecule has 1 atom stereocenters. The monoisotopic (exact) mass is 461 g/mol. The standard InChI is InChI=1S/C15H10Br2ClNS2/c16-9-3-4-10(17)11(8-9)19-15(12-2-1-7-20-12)13-5-6-14(18)21-13/h1-8,15,19H. The van der Waals surface area contributed by atoms with E-state index in [9.17, 15) is 0 Å². The van der Waals surface area contributed by atoms with Crippen molar-refractivity contribution >= 4 is 71.8 Å². The van der Waals surface area contributed by atoms with E-state index in [2.05, 4.69) is 66.8 Å². The number of hydrogen-bond donors (Lipinski definition) is 1. The van der Waals surface area contributed by atoms with Gasteiger partial charge in [0.15, 0.2) is 0 Å². The van der Waals surface area contributed by atoms with Gasteiger partial charge < -0.3 is 5.32 Å². The highest BCUT2D eigenvalue weighted by Crippen LogP contribution is 2.37. The van der Waals surface area contributed by atoms with Crippen LogP contribution >= 0.6 is 66.1 Å². The Labute approximate surface area is 153 Å². The van der Waals surface area contributed by atoms with Crippen LogP contribution in [0.5, 0.6) is 0 Å². The van der Waals surface area contributed by atoms with Crippen LogP contribution in [0.2, 0.25) is 4.34 Å². The zero-order valence-corrected chi connectivity index (χ0v) is 16.2. The first-order chi connectivity index (χ1) is 10.1. The van der Waals surface area contributed by atoms with E-state index in [-0.39, 0.29) is 6.04 Å². The molecule has 0 radical (unpaired) electrons. The van der Waals surface area contributed by atoms with Crippen molar-refractivity contribution in [1.29, 1.82) is 0 Å². The minimum absolute atomic E-state index is 0.105. The number of thiophene rings is 2. The molecular formula is C15H10Br2ClNS2. The molecule has 3 rings (SSSR count). The Balaban J connectivity index is 1.98. The molecule has 2 heterocycles. The van der Waals surface area contributed by atoms with Crippen LogP contribution in [0.4, 0.5) is 5.69 Å². The maximum absolute atomic E-state index is 6.10. The van der Waals surface area contributed by atoms with Gasteiger partial charge in [-0.25, -0.2) is 0 Å². The molecule has 0 aliphatic rings. The third-order valence-corrected chi connectivity index (χ3v) is 6.35. The summed E-state index contributed by atoms with van der Waals surface area (Å²) in [6, 6.07) is 14.4. The number of hydrogen-bond acceptors (Lipinski definition) is 3. The van der Waals surface area contributed by atoms with E-state index >= 15 is 0 Å². The van der Waals surface area contributed by atoms with Gasteiger partial charge in [-0.3, -0.25) is 0 Å². The van der Waals surface area contributed by atoms with E-state index in [1.165, 1.54) is 9.75 Å². The molecule has 108 valence electrons. The molecule has 1 aromatic carbocycles. The van der Waals surface area contributed by atoms with Crippen LogP contribution in [0.1, 0.15) is 15.8 Å². The second-order valence-electron chi connectivity index (χ2n) is 4.36. The molecule has 0 fully saturated rings. The van der Waals surface area contributed by atoms with E-state index < -0.39 is 0 Å². The third kappa shape index (κ3) is 3.71. The molecule has 0 bridgehead atoms. The Hall–Kier alpha value is -0.330. The first kappa shape index (κ1) is 15.6. The number of anilines is 1. The molecule has 6 heteroatoms. The highest BCUT2D eigenvalue weighted by Gasteiger charge is 2.18. The van der Waals surface area contributed by atoms with E-state index in [0.717, 1.165) is 19.0 Å². The Bertz CT molecular complexity index is 740. The minimum atomic E-state index is 0.105. The van der Waals surface area contributed by atoms with E-state index in [0.29, 0.717) is 0 Å². The van der Waals surface area contributed by atoms with E-state index in [1.54, 1.807) is 22.7 Å². The SMILES string of the molecule is Clc1ccc(C(Nc2cc(Br)ccc2Br)c2cccs2)s1. The van der Waals surface area contributed by atoms with Crippen molar-refractivity contribution < 1.29 is 0 Å². The average Bonchev–Trinajstić information content (AvgIpc) is 3.11. The van der Waals surface area contributed by atoms with Gasteiger partial charge >= 0.3 is 0 Å². The number of benzene rings is 1. The van der Waals surface area contributed by atoms with Gasteiger partial charge in [0, 0.05) is 18.7 Å². The smallest absolute Gasteiger partial charge is 0.0954 e. The summed E-state index contributed by atoms with van der Waals surface area (Å²) < 4.78 is 2.89. The molecule has 0 saturated heterocycles. The second kappa shape index (κ2) is 6.84. The highest BCUT2D eigenvalue weighted by atomic mass is 79.9. The predicted octanol–water partition coefficient (Wildman–Crippen LogP) is 7.19. The van der Waals surface area contributed by atoms with Crippen molar-refractivity contribution in [3.63, 3.8) is 0 Å². The maximum Gasteiger partial charge on any atom is 0.0954 e. The van der Waals surface area contributed by atoms with Gasteiger partial charge in [0.2, 0.25) is 0 Å². The number of rotatable bonds is 4. The average molecular weight is 464 g/mol. The Morgan fingerprint density at radius 1 is 1.05 bits per heavy atom. The Morgan fingerprint density at radius 3 is 2.57 bits per heavy atom. The topological polar surface area (TPSA) is 12.0 Å². The molecule has 1 N–H and O–H groups in total. The molecule has 0 spiro atoms. The molecule has 2 aromatic heterocycles. The predicted molar refractivity (Wildman–Crippen MR) is 101 cm³/mol. The fourth-order valence-corrected chi connectivity index (χ4v) is 4.71. The van der Waals surface area contributed by atoms with Crippen LogP contribution < -0.4 is 5.32 Å². The molecule has 1 unspecified atom stereocenters. The summed E-state index contributed by atoms with van der Waals surface area (Å²) in [5.41, 5.74) is 1.05. The Morgan fingerprint density at radius 2 is 1.90 bits per heavy atom. The number of nitrogens with one attached hydrogen (secondary N) is 1. The maximum atomic E-state index is 6.10. The summed E-state index contributed by atoms with van der Waals surface area (Å²) in [7, 11) is 0. The van der Waals surface area contributed by atoms with Crippen LogP contribution in [-0.4, -0.2) is 0 Å². The Kier molecular flexibility index (Phi) is 5.07. The van der Waals surface area contributed by atoms with Gasteiger partial charge in [-0.2, -0.15) is 0 Å². The summed E-state index contributed by atoms with van der Waals surface area (Å²) >= 11 is 16.6. The van der Waals surface area contributed by atoms with Gasteiger partial charge in [-0.1, -0.05) is 33.6 Å². The van der Waals surface area contributed by atoms with E-state index in [1.807, 2.05) is 18.2 Å². The molecule has 1 nitrogen and oxygen atoms in total. The first-order valence-corrected chi connectivity index (χ1v) is 9.80. The van der Waals surface area contributed by atoms with Crippen molar-refractivity contribution in [2.45, 2.75) is 6.04 Å². The molecule has 0 aliphatic carbocycles. The minimum Gasteiger partial charge on any atom is -0.372 e. The quantitative estimate of drug-likeness (QED) is 0.432. The normalized spacial score (nSPS) is 12.3. The lowest BCUT2D eigenvalue weighted by molar-refractivity contribution is 0.990. The zero-order chi connectivity index (χ0) is 14.8. The van der Waals surface area contributed by atoms with Crippen LogP contribution in [0.15, 0.2) is 56.8 Å². The van der Waals surface area contributed by atoms with Crippen LogP contribution in [-0.2, 0) is 0 Å². The summed E-state index contributed by atoms with van der Waals surface area (Å²) in [6.07, 6.45) is 0. The van der Waals surface area contributed by atoms with Crippen LogP contribution in [0.3, 0.4) is 0 Å². The van der Waals surface area contributed by atoms with Crippen molar-refractivity contribution in [2.24, 2.45) is 0 Å². The zero-order valence-electron chi connectivity index (χ0n) is 10.6. The summed E-state index contributed by atoms with van der Waals surface area (Å²) in [5.74, 6) is 0. The highest BCUT2D eigenvalue weighted by molar-refractivity contribution is 9.11. The van der Waals surface area contributed by atoms with Gasteiger partial charge in [-0.05, 0) is 57.7 Å². The molecule has 0 amide bonds. The van der Waals surface area contributed by atoms with Gasteiger partial charge in [0.05, 0.1) is 16.1 Å². The van der Waals surface area contributed by atoms with Crippen LogP contribution in [0, 0.1) is 0 Å². The molecular weight excluding hydrogens is 454 g/mol. The van der Waals surface area contributed by atoms with Crippen molar-refractivity contribution in [3.05, 3.63) is 70.9 Å². The molecule has 0 saturated carbocycles. The molecule has 3 aromatic rings. The largest absolute Gasteiger partial charge is 0.372 e. The third-order valence-electron chi connectivity index (χ3n) is 2.93. The van der Waals surface area contributed by atoms with Crippen molar-refractivity contribution in [1.82, 2.24) is 0 Å². The van der Waals surface area contributed by atoms with Gasteiger partial charge in [0.25, 0.3) is 0 Å². The molecule has 21 heavy (non-hydrogen) atoms. The number of halogens is 3. The fraction of sp³-hybridized carbons (Fsp3) is 0.0667. The lowest BCUT2D eigenvalue weighted by Gasteiger charge is -2.19. The summed E-state index contributed by atoms with van der Waals surface area (Å²) in [6.45, 7) is 0. The second-order valence-corrected chi connectivity index (χ2v) is 8.85. The fourth-order valence-electron chi connectivity index (χ4n) is 1.99. The molecule has 0 aliphatic heterocycles. The summed E-state index contributed by atoms with van der Waals surface area (Å²) in [4.78, 5) is 2.47. The van der Waals surface area contributed by atoms with Gasteiger partial charge in [-0.15, -0.1) is 22.7 Å². The first-order valence-electron chi connectivity index (χ1n) is 6.14. The lowest BCUT2D eigenvalue weighted by Crippen LogP contribution is -2.09. The lowest BCUT2D eigenvalue weighted by atomic mass is 10.2. The van der Waals surface area contributed by atoms with Crippen molar-refractivity contribution in [3.8, 4) is 0 Å². The van der Waals surface area contributed by atoms with E-state index in [4.69, 9.17) is 11.6 Å². The van der Waals surface area contributed by atoms with Gasteiger partial charge in [0.1, 0.15) is 0 Å². The van der Waals surface area contributed by atoms with Crippen LogP contribution in [0.25, 0.3) is 0 Å². The van der Waals surface area contributed by atoms with Crippen molar-refractivity contribution in [2.75, 3.05) is 5.32 Å². The summed E-state index contributed by atoms with van der Waals surface area (Å²) in [5, 5.41) is 5.70.